The molecular weight excluding hydrogens is 522 g/mol. The van der Waals surface area contributed by atoms with Crippen molar-refractivity contribution in [2.24, 2.45) is 0 Å². The molecule has 174 valence electrons. The fourth-order valence-corrected chi connectivity index (χ4v) is 5.68. The topological polar surface area (TPSA) is 93.5 Å². The molecular formula is C25H21BrClN3O4. The number of ether oxygens (including phenoxy) is 1. The van der Waals surface area contributed by atoms with Gasteiger partial charge in [0.15, 0.2) is 5.54 Å². The Balaban J connectivity index is 1.57. The molecule has 1 amide bonds. The molecule has 0 unspecified atom stereocenters. The van der Waals surface area contributed by atoms with Crippen LogP contribution in [0.5, 0.6) is 5.75 Å². The molecule has 5 rings (SSSR count). The van der Waals surface area contributed by atoms with E-state index in [1.54, 1.807) is 42.5 Å². The Morgan fingerprint density at radius 1 is 1.15 bits per heavy atom. The van der Waals surface area contributed by atoms with Crippen LogP contribution in [0.3, 0.4) is 0 Å². The summed E-state index contributed by atoms with van der Waals surface area (Å²) < 4.78 is 6.91. The standard InChI is InChI=1S/C25H21BrClN3O4/c1-14-22(18-12-16(26)8-11-21(18)34-13-15-6-9-17(27)10-7-15)23(30(32)33)25(29-14)19-4-2-3-5-20(19)28-24(25)31/h2-12,14,22-23,29H,13H2,1H3,(H,28,31)/t14-,22+,23-,25-/m0/s1. The third-order valence-electron chi connectivity index (χ3n) is 6.60. The first-order valence-corrected chi connectivity index (χ1v) is 12.0. The summed E-state index contributed by atoms with van der Waals surface area (Å²) in [5.41, 5.74) is 1.30. The van der Waals surface area contributed by atoms with Gasteiger partial charge in [-0.3, -0.25) is 20.2 Å². The van der Waals surface area contributed by atoms with Crippen LogP contribution in [-0.2, 0) is 16.9 Å². The molecule has 0 aromatic heterocycles. The smallest absolute Gasteiger partial charge is 0.256 e. The largest absolute Gasteiger partial charge is 0.489 e. The van der Waals surface area contributed by atoms with Gasteiger partial charge in [-0.05, 0) is 48.9 Å². The maximum absolute atomic E-state index is 13.3. The van der Waals surface area contributed by atoms with Crippen molar-refractivity contribution >= 4 is 39.1 Å². The summed E-state index contributed by atoms with van der Waals surface area (Å²) in [6.45, 7) is 2.14. The normalized spacial score (nSPS) is 25.3. The number of nitrogens with zero attached hydrogens (tertiary/aromatic N) is 1. The fraction of sp³-hybridized carbons (Fsp3) is 0.240. The van der Waals surface area contributed by atoms with Gasteiger partial charge in [0.2, 0.25) is 0 Å². The number of nitrogens with one attached hydrogen (secondary N) is 2. The number of hydrogen-bond acceptors (Lipinski definition) is 5. The highest BCUT2D eigenvalue weighted by molar-refractivity contribution is 9.10. The van der Waals surface area contributed by atoms with Gasteiger partial charge in [-0.15, -0.1) is 0 Å². The number of amides is 1. The van der Waals surface area contributed by atoms with Gasteiger partial charge < -0.3 is 10.1 Å². The number of rotatable bonds is 5. The summed E-state index contributed by atoms with van der Waals surface area (Å²) >= 11 is 9.47. The molecule has 9 heteroatoms. The highest BCUT2D eigenvalue weighted by Crippen LogP contribution is 2.51. The zero-order valence-corrected chi connectivity index (χ0v) is 20.5. The number of anilines is 1. The number of hydrogen-bond donors (Lipinski definition) is 2. The first-order chi connectivity index (χ1) is 16.3. The van der Waals surface area contributed by atoms with E-state index in [1.165, 1.54) is 0 Å². The summed E-state index contributed by atoms with van der Waals surface area (Å²) in [5, 5.41) is 19.3. The average Bonchev–Trinajstić information content (AvgIpc) is 3.27. The minimum absolute atomic E-state index is 0.276. The summed E-state index contributed by atoms with van der Waals surface area (Å²) in [6.07, 6.45) is 0. The molecule has 0 radical (unpaired) electrons. The van der Waals surface area contributed by atoms with Crippen LogP contribution in [0.4, 0.5) is 5.69 Å². The summed E-state index contributed by atoms with van der Waals surface area (Å²) in [6, 6.07) is 18.3. The number of halogens is 2. The molecule has 1 spiro atoms. The quantitative estimate of drug-likeness (QED) is 0.339. The van der Waals surface area contributed by atoms with E-state index in [1.807, 2.05) is 31.2 Å². The van der Waals surface area contributed by atoms with E-state index in [9.17, 15) is 14.9 Å². The third kappa shape index (κ3) is 3.66. The SMILES string of the molecule is C[C@@H]1N[C@]2(C(=O)Nc3ccccc32)[C@@H]([N+](=O)[O-])[C@H]1c1cc(Br)ccc1OCc1ccc(Cl)cc1. The fourth-order valence-electron chi connectivity index (χ4n) is 5.17. The van der Waals surface area contributed by atoms with Crippen molar-refractivity contribution in [1.82, 2.24) is 5.32 Å². The third-order valence-corrected chi connectivity index (χ3v) is 7.35. The second-order valence-corrected chi connectivity index (χ2v) is 9.95. The molecule has 4 atom stereocenters. The van der Waals surface area contributed by atoms with Gasteiger partial charge in [0.25, 0.3) is 11.9 Å². The predicted molar refractivity (Wildman–Crippen MR) is 133 cm³/mol. The van der Waals surface area contributed by atoms with Crippen LogP contribution in [0.15, 0.2) is 71.2 Å². The lowest BCUT2D eigenvalue weighted by Gasteiger charge is -2.26. The van der Waals surface area contributed by atoms with Gasteiger partial charge in [0.05, 0.1) is 5.92 Å². The Kier molecular flexibility index (Phi) is 5.83. The zero-order valence-electron chi connectivity index (χ0n) is 18.1. The van der Waals surface area contributed by atoms with Crippen molar-refractivity contribution in [3.05, 3.63) is 103 Å². The van der Waals surface area contributed by atoms with Gasteiger partial charge in [-0.2, -0.15) is 0 Å². The molecule has 34 heavy (non-hydrogen) atoms. The van der Waals surface area contributed by atoms with E-state index >= 15 is 0 Å². The predicted octanol–water partition coefficient (Wildman–Crippen LogP) is 5.25. The van der Waals surface area contributed by atoms with Crippen LogP contribution >= 0.6 is 27.5 Å². The van der Waals surface area contributed by atoms with Gasteiger partial charge in [-0.25, -0.2) is 0 Å². The Labute approximate surface area is 209 Å². The molecule has 3 aromatic carbocycles. The Morgan fingerprint density at radius 2 is 1.88 bits per heavy atom. The first-order valence-electron chi connectivity index (χ1n) is 10.8. The summed E-state index contributed by atoms with van der Waals surface area (Å²) in [7, 11) is 0. The monoisotopic (exact) mass is 541 g/mol. The molecule has 3 aromatic rings. The molecule has 7 nitrogen and oxygen atoms in total. The van der Waals surface area contributed by atoms with Crippen molar-refractivity contribution in [2.45, 2.75) is 37.1 Å². The van der Waals surface area contributed by atoms with Gasteiger partial charge in [0.1, 0.15) is 12.4 Å². The number of fused-ring (bicyclic) bond motifs is 2. The Hall–Kier alpha value is -2.94. The number of nitro groups is 1. The van der Waals surface area contributed by atoms with E-state index in [2.05, 4.69) is 26.6 Å². The second-order valence-electron chi connectivity index (χ2n) is 8.59. The molecule has 2 heterocycles. The number of para-hydroxylation sites is 1. The van der Waals surface area contributed by atoms with Crippen LogP contribution in [0, 0.1) is 10.1 Å². The van der Waals surface area contributed by atoms with E-state index in [4.69, 9.17) is 16.3 Å². The number of carbonyl (C=O) groups is 1. The highest BCUT2D eigenvalue weighted by Gasteiger charge is 2.68. The first kappa shape index (κ1) is 22.8. The van der Waals surface area contributed by atoms with Crippen molar-refractivity contribution in [3.63, 3.8) is 0 Å². The van der Waals surface area contributed by atoms with E-state index in [0.717, 1.165) is 10.0 Å². The highest BCUT2D eigenvalue weighted by atomic mass is 79.9. The van der Waals surface area contributed by atoms with E-state index in [-0.39, 0.29) is 17.6 Å². The summed E-state index contributed by atoms with van der Waals surface area (Å²) in [4.78, 5) is 25.5. The van der Waals surface area contributed by atoms with Crippen LogP contribution in [0.1, 0.15) is 29.5 Å². The van der Waals surface area contributed by atoms with E-state index < -0.39 is 23.4 Å². The lowest BCUT2D eigenvalue weighted by Crippen LogP contribution is -2.54. The summed E-state index contributed by atoms with van der Waals surface area (Å²) in [5.74, 6) is -0.500. The number of benzene rings is 3. The van der Waals surface area contributed by atoms with E-state index in [0.29, 0.717) is 27.6 Å². The van der Waals surface area contributed by atoms with Crippen molar-refractivity contribution < 1.29 is 14.5 Å². The van der Waals surface area contributed by atoms with Crippen molar-refractivity contribution in [3.8, 4) is 5.75 Å². The van der Waals surface area contributed by atoms with Gasteiger partial charge in [-0.1, -0.05) is 57.9 Å². The maximum Gasteiger partial charge on any atom is 0.256 e. The van der Waals surface area contributed by atoms with Crippen LogP contribution in [0.2, 0.25) is 5.02 Å². The van der Waals surface area contributed by atoms with Crippen LogP contribution in [-0.4, -0.2) is 22.9 Å². The molecule has 1 saturated heterocycles. The lowest BCUT2D eigenvalue weighted by molar-refractivity contribution is -0.532. The minimum atomic E-state index is -1.47. The number of carbonyl (C=O) groups excluding carboxylic acids is 1. The Morgan fingerprint density at radius 3 is 2.62 bits per heavy atom. The molecule has 1 fully saturated rings. The second kappa shape index (κ2) is 8.69. The van der Waals surface area contributed by atoms with Gasteiger partial charge >= 0.3 is 0 Å². The molecule has 2 N–H and O–H groups in total. The average molecular weight is 543 g/mol. The molecule has 0 bridgehead atoms. The van der Waals surface area contributed by atoms with Crippen LogP contribution in [0.25, 0.3) is 0 Å². The van der Waals surface area contributed by atoms with Crippen molar-refractivity contribution in [2.75, 3.05) is 5.32 Å². The van der Waals surface area contributed by atoms with Crippen molar-refractivity contribution in [1.29, 1.82) is 0 Å². The van der Waals surface area contributed by atoms with Crippen LogP contribution < -0.4 is 15.4 Å². The minimum Gasteiger partial charge on any atom is -0.489 e. The molecule has 0 saturated carbocycles. The molecule has 2 aliphatic rings. The Bertz CT molecular complexity index is 1290. The molecule has 0 aliphatic carbocycles. The lowest BCUT2D eigenvalue weighted by atomic mass is 9.78. The maximum atomic E-state index is 13.3. The molecule has 2 aliphatic heterocycles. The van der Waals surface area contributed by atoms with Gasteiger partial charge in [0, 0.05) is 37.3 Å². The zero-order chi connectivity index (χ0) is 24.0.